The van der Waals surface area contributed by atoms with Gasteiger partial charge in [-0.05, 0) is 38.2 Å². The van der Waals surface area contributed by atoms with E-state index < -0.39 is 0 Å². The summed E-state index contributed by atoms with van der Waals surface area (Å²) in [6.45, 7) is 1.80. The number of likely N-dealkylation sites (N-methyl/N-ethyl adjacent to an activating group) is 1. The van der Waals surface area contributed by atoms with Crippen LogP contribution in [0.25, 0.3) is 0 Å². The Kier molecular flexibility index (Phi) is 6.36. The van der Waals surface area contributed by atoms with Crippen LogP contribution in [0.4, 0.5) is 0 Å². The molecule has 0 aliphatic carbocycles. The van der Waals surface area contributed by atoms with Crippen LogP contribution in [0.1, 0.15) is 17.3 Å². The molecule has 0 heterocycles. The molecule has 1 atom stereocenters. The summed E-state index contributed by atoms with van der Waals surface area (Å²) >= 11 is 0. The molecule has 0 saturated carbocycles. The average Bonchev–Trinajstić information content (AvgIpc) is 2.17. The van der Waals surface area contributed by atoms with Crippen molar-refractivity contribution in [3.63, 3.8) is 0 Å². The third-order valence-corrected chi connectivity index (χ3v) is 1.98. The molecule has 0 bridgehead atoms. The van der Waals surface area contributed by atoms with Gasteiger partial charge in [-0.3, -0.25) is 4.79 Å². The maximum atomic E-state index is 11.5. The van der Waals surface area contributed by atoms with E-state index in [1.54, 1.807) is 26.1 Å². The molecular weight excluding hydrogens is 206 g/mol. The van der Waals surface area contributed by atoms with Crippen LogP contribution in [0.3, 0.4) is 0 Å². The number of aromatic hydroxyl groups is 1. The SMILES string of the molecule is CNC(C)C(=O)c1ccc(O)cc1.[Ar]. The Balaban J connectivity index is 0.00000169. The average molecular weight is 219 g/mol. The topological polar surface area (TPSA) is 49.3 Å². The minimum Gasteiger partial charge on any atom is -0.508 e. The Morgan fingerprint density at radius 2 is 1.86 bits per heavy atom. The molecule has 1 rings (SSSR count). The minimum absolute atomic E-state index is 0. The predicted molar refractivity (Wildman–Crippen MR) is 51.0 cm³/mol. The third-order valence-electron chi connectivity index (χ3n) is 1.98. The quantitative estimate of drug-likeness (QED) is 0.750. The van der Waals surface area contributed by atoms with Crippen LogP contribution < -0.4 is 5.32 Å². The Morgan fingerprint density at radius 3 is 2.29 bits per heavy atom. The van der Waals surface area contributed by atoms with E-state index in [9.17, 15) is 4.79 Å². The summed E-state index contributed by atoms with van der Waals surface area (Å²) in [6.07, 6.45) is 0. The fourth-order valence-electron chi connectivity index (χ4n) is 1.01. The number of Topliss-reactive ketones (excluding diaryl/α,β-unsaturated/α-hetero) is 1. The van der Waals surface area contributed by atoms with Crippen molar-refractivity contribution in [3.8, 4) is 5.75 Å². The molecule has 0 spiro atoms. The Hall–Kier alpha value is -0.0903. The summed E-state index contributed by atoms with van der Waals surface area (Å²) in [4.78, 5) is 11.5. The molecule has 2 N–H and O–H groups in total. The van der Waals surface area contributed by atoms with E-state index in [0.29, 0.717) is 5.56 Å². The maximum Gasteiger partial charge on any atom is 0.179 e. The van der Waals surface area contributed by atoms with Crippen LogP contribution in [-0.2, 0) is 0 Å². The smallest absolute Gasteiger partial charge is 0.179 e. The second kappa shape index (κ2) is 6.40. The van der Waals surface area contributed by atoms with Gasteiger partial charge in [0, 0.05) is 43.3 Å². The van der Waals surface area contributed by atoms with Gasteiger partial charge in [0.25, 0.3) is 0 Å². The summed E-state index contributed by atoms with van der Waals surface area (Å²) in [5.41, 5.74) is 0.611. The third kappa shape index (κ3) is 3.58. The molecule has 0 amide bonds. The van der Waals surface area contributed by atoms with Crippen molar-refractivity contribution in [2.75, 3.05) is 7.05 Å². The van der Waals surface area contributed by atoms with Crippen LogP contribution >= 0.6 is 0 Å². The second-order valence-electron chi connectivity index (χ2n) is 2.92. The molecule has 1 unspecified atom stereocenters. The van der Waals surface area contributed by atoms with Crippen molar-refractivity contribution in [1.29, 1.82) is 0 Å². The molecule has 3 nitrogen and oxygen atoms in total. The van der Waals surface area contributed by atoms with Crippen molar-refractivity contribution >= 4 is 5.78 Å². The normalized spacial score (nSPS) is 11.6. The number of phenols is 1. The number of ketones is 1. The van der Waals surface area contributed by atoms with E-state index >= 15 is 0 Å². The maximum absolute atomic E-state index is 11.5. The van der Waals surface area contributed by atoms with Crippen molar-refractivity contribution in [2.45, 2.75) is 13.0 Å². The summed E-state index contributed by atoms with van der Waals surface area (Å²) < 4.78 is 0. The number of carbonyl (C=O) groups is 1. The number of phenolic OH excluding ortho intramolecular Hbond substituents is 1. The number of hydrogen-bond donors (Lipinski definition) is 2. The second-order valence-corrected chi connectivity index (χ2v) is 2.92. The first-order valence-corrected chi connectivity index (χ1v) is 4.15. The van der Waals surface area contributed by atoms with Crippen LogP contribution in [0.5, 0.6) is 5.75 Å². The molecule has 0 saturated heterocycles. The molecule has 0 aromatic heterocycles. The zero-order valence-corrected chi connectivity index (χ0v) is 8.80. The zero-order valence-electron chi connectivity index (χ0n) is 8.10. The molecule has 0 aliphatic heterocycles. The summed E-state index contributed by atoms with van der Waals surface area (Å²) in [5, 5.41) is 11.9. The van der Waals surface area contributed by atoms with Crippen molar-refractivity contribution in [1.82, 2.24) is 5.32 Å². The van der Waals surface area contributed by atoms with Gasteiger partial charge in [0.1, 0.15) is 5.75 Å². The van der Waals surface area contributed by atoms with E-state index in [1.165, 1.54) is 12.1 Å². The van der Waals surface area contributed by atoms with Crippen molar-refractivity contribution < 1.29 is 47.6 Å². The summed E-state index contributed by atoms with van der Waals surface area (Å²) in [7, 11) is 1.74. The Labute approximate surface area is 114 Å². The van der Waals surface area contributed by atoms with Gasteiger partial charge in [0.05, 0.1) is 6.04 Å². The number of nitrogens with one attached hydrogen (secondary N) is 1. The van der Waals surface area contributed by atoms with Crippen LogP contribution in [0.15, 0.2) is 24.3 Å². The van der Waals surface area contributed by atoms with Crippen LogP contribution in [0.2, 0.25) is 0 Å². The van der Waals surface area contributed by atoms with Gasteiger partial charge in [-0.15, -0.1) is 0 Å². The van der Waals surface area contributed by atoms with E-state index in [-0.39, 0.29) is 55.3 Å². The Bertz CT molecular complexity index is 297. The number of carbonyl (C=O) groups excluding carboxylic acids is 1. The summed E-state index contributed by atoms with van der Waals surface area (Å²) in [5.74, 6) is 0.205. The molecule has 0 aliphatic rings. The van der Waals surface area contributed by atoms with Gasteiger partial charge in [-0.1, -0.05) is 0 Å². The van der Waals surface area contributed by atoms with Crippen LogP contribution in [-0.4, -0.2) is 24.0 Å². The fourth-order valence-corrected chi connectivity index (χ4v) is 1.01. The molecule has 1 aromatic carbocycles. The fraction of sp³-hybridized carbons (Fsp3) is 0.300. The summed E-state index contributed by atoms with van der Waals surface area (Å²) in [6, 6.07) is 6.06. The Morgan fingerprint density at radius 1 is 1.36 bits per heavy atom. The number of rotatable bonds is 3. The van der Waals surface area contributed by atoms with Gasteiger partial charge >= 0.3 is 0 Å². The number of benzene rings is 1. The largest absolute Gasteiger partial charge is 0.508 e. The molecule has 4 heteroatoms. The predicted octanol–water partition coefficient (Wildman–Crippen LogP) is 1.18. The monoisotopic (exact) mass is 219 g/mol. The van der Waals surface area contributed by atoms with E-state index in [0.717, 1.165) is 0 Å². The van der Waals surface area contributed by atoms with Gasteiger partial charge in [0.15, 0.2) is 5.78 Å². The molecular formula is C10H13ArNO2. The minimum atomic E-state index is -0.190. The first-order chi connectivity index (χ1) is 6.15. The van der Waals surface area contributed by atoms with E-state index in [2.05, 4.69) is 5.32 Å². The molecule has 0 radical (unpaired) electrons. The standard InChI is InChI=1S/C10H13NO2.Ar/c1-7(11-2)10(13)8-3-5-9(12)6-4-8;/h3-7,11-12H,1-2H3;. The van der Waals surface area contributed by atoms with Crippen LogP contribution in [0, 0.1) is 37.7 Å². The number of hydrogen-bond acceptors (Lipinski definition) is 3. The van der Waals surface area contributed by atoms with Gasteiger partial charge in [-0.2, -0.15) is 0 Å². The molecule has 14 heavy (non-hydrogen) atoms. The molecule has 78 valence electrons. The van der Waals surface area contributed by atoms with E-state index in [4.69, 9.17) is 5.11 Å². The first-order valence-electron chi connectivity index (χ1n) is 4.15. The first kappa shape index (κ1) is 13.9. The molecule has 0 fully saturated rings. The van der Waals surface area contributed by atoms with E-state index in [1.807, 2.05) is 0 Å². The van der Waals surface area contributed by atoms with Gasteiger partial charge in [-0.25, -0.2) is 0 Å². The zero-order chi connectivity index (χ0) is 9.84. The molecule has 1 aromatic rings. The van der Waals surface area contributed by atoms with Crippen molar-refractivity contribution in [2.24, 2.45) is 0 Å². The van der Waals surface area contributed by atoms with Gasteiger partial charge < -0.3 is 10.4 Å². The van der Waals surface area contributed by atoms with Crippen molar-refractivity contribution in [3.05, 3.63) is 29.8 Å². The van der Waals surface area contributed by atoms with Gasteiger partial charge in [0.2, 0.25) is 0 Å².